The third-order valence-corrected chi connectivity index (χ3v) is 11.0. The summed E-state index contributed by atoms with van der Waals surface area (Å²) in [5.74, 6) is -0.558. The van der Waals surface area contributed by atoms with Gasteiger partial charge in [0.2, 0.25) is 0 Å². The fourth-order valence-electron chi connectivity index (χ4n) is 7.51. The van der Waals surface area contributed by atoms with E-state index in [0.717, 1.165) is 38.6 Å². The summed E-state index contributed by atoms with van der Waals surface area (Å²) in [7, 11) is 0. The third-order valence-electron chi connectivity index (χ3n) is 11.0. The minimum absolute atomic E-state index is 0.0158. The van der Waals surface area contributed by atoms with Crippen LogP contribution in [0.3, 0.4) is 0 Å². The van der Waals surface area contributed by atoms with E-state index in [9.17, 15) is 9.59 Å². The van der Waals surface area contributed by atoms with E-state index in [1.54, 1.807) is 0 Å². The first-order chi connectivity index (χ1) is 31.4. The van der Waals surface area contributed by atoms with Gasteiger partial charge in [0.1, 0.15) is 36.3 Å². The molecule has 0 amide bonds. The van der Waals surface area contributed by atoms with Crippen LogP contribution in [0.4, 0.5) is 0 Å². The molecule has 1 saturated heterocycles. The number of hydrogen-bond donors (Lipinski definition) is 0. The molecule has 6 aromatic rings. The van der Waals surface area contributed by atoms with Crippen molar-refractivity contribution >= 4 is 22.5 Å². The number of hydrogen-bond acceptors (Lipinski definition) is 10. The molecule has 10 nitrogen and oxygen atoms in total. The van der Waals surface area contributed by atoms with Crippen molar-refractivity contribution in [1.29, 1.82) is 0 Å². The highest BCUT2D eigenvalue weighted by Gasteiger charge is 2.41. The molecule has 4 unspecified atom stereocenters. The van der Waals surface area contributed by atoms with Gasteiger partial charge in [-0.2, -0.15) is 0 Å². The van der Waals surface area contributed by atoms with Gasteiger partial charge >= 0.3 is 5.97 Å². The van der Waals surface area contributed by atoms with Crippen molar-refractivity contribution in [3.05, 3.63) is 192 Å². The number of rotatable bonds is 26. The fourth-order valence-corrected chi connectivity index (χ4v) is 7.51. The molecular formula is C54H58O10. The van der Waals surface area contributed by atoms with Crippen molar-refractivity contribution in [1.82, 2.24) is 0 Å². The maximum atomic E-state index is 12.9. The number of benzene rings is 6. The Morgan fingerprint density at radius 1 is 0.547 bits per heavy atom. The Hall–Kier alpha value is -5.56. The summed E-state index contributed by atoms with van der Waals surface area (Å²) >= 11 is 0. The molecule has 0 radical (unpaired) electrons. The smallest absolute Gasteiger partial charge is 0.306 e. The first kappa shape index (κ1) is 46.4. The van der Waals surface area contributed by atoms with Crippen LogP contribution in [0.1, 0.15) is 54.0 Å². The van der Waals surface area contributed by atoms with Gasteiger partial charge < -0.3 is 42.7 Å². The van der Waals surface area contributed by atoms with Crippen molar-refractivity contribution in [2.75, 3.05) is 19.8 Å². The lowest BCUT2D eigenvalue weighted by Crippen LogP contribution is -2.47. The zero-order valence-electron chi connectivity index (χ0n) is 36.4. The van der Waals surface area contributed by atoms with E-state index in [-0.39, 0.29) is 58.1 Å². The van der Waals surface area contributed by atoms with Crippen molar-refractivity contribution in [3.63, 3.8) is 0 Å². The highest BCUT2D eigenvalue weighted by molar-refractivity contribution is 5.83. The number of ketones is 1. The number of Topliss-reactive ketones (excluding diaryl/α,β-unsaturated/α-hetero) is 1. The van der Waals surface area contributed by atoms with Gasteiger partial charge in [0.15, 0.2) is 6.29 Å². The summed E-state index contributed by atoms with van der Waals surface area (Å²) in [4.78, 5) is 24.6. The lowest BCUT2D eigenvalue weighted by molar-refractivity contribution is -0.208. The molecule has 0 aliphatic carbocycles. The van der Waals surface area contributed by atoms with Gasteiger partial charge in [0, 0.05) is 12.8 Å². The van der Waals surface area contributed by atoms with Crippen LogP contribution in [-0.2, 0) is 80.5 Å². The van der Waals surface area contributed by atoms with Crippen molar-refractivity contribution in [3.8, 4) is 0 Å². The van der Waals surface area contributed by atoms with Crippen LogP contribution in [0.2, 0.25) is 0 Å². The average molecular weight is 867 g/mol. The second-order valence-corrected chi connectivity index (χ2v) is 16.0. The Morgan fingerprint density at radius 3 is 1.66 bits per heavy atom. The number of fused-ring (bicyclic) bond motifs is 1. The monoisotopic (exact) mass is 866 g/mol. The molecule has 7 rings (SSSR count). The van der Waals surface area contributed by atoms with E-state index in [1.165, 1.54) is 6.92 Å². The molecule has 1 fully saturated rings. The fraction of sp³-hybridized carbons (Fsp3) is 0.333. The van der Waals surface area contributed by atoms with Crippen LogP contribution < -0.4 is 0 Å². The number of carbonyl (C=O) groups is 2. The second-order valence-electron chi connectivity index (χ2n) is 16.0. The van der Waals surface area contributed by atoms with E-state index < -0.39 is 42.8 Å². The lowest BCUT2D eigenvalue weighted by Gasteiger charge is -2.34. The van der Waals surface area contributed by atoms with Crippen LogP contribution in [0, 0.1) is 0 Å². The summed E-state index contributed by atoms with van der Waals surface area (Å²) in [6.07, 6.45) is -3.64. The first-order valence-corrected chi connectivity index (χ1v) is 22.0. The summed E-state index contributed by atoms with van der Waals surface area (Å²) in [5, 5.41) is 2.31. The molecule has 0 bridgehead atoms. The van der Waals surface area contributed by atoms with Crippen LogP contribution in [0.15, 0.2) is 164 Å². The molecule has 0 aromatic heterocycles. The molecule has 64 heavy (non-hydrogen) atoms. The highest BCUT2D eigenvalue weighted by atomic mass is 16.7. The quantitative estimate of drug-likeness (QED) is 0.0489. The molecule has 0 N–H and O–H groups in total. The van der Waals surface area contributed by atoms with Gasteiger partial charge in [0.05, 0.1) is 59.3 Å². The van der Waals surface area contributed by atoms with Gasteiger partial charge in [0.25, 0.3) is 0 Å². The Labute approximate surface area is 376 Å². The molecule has 0 saturated carbocycles. The second kappa shape index (κ2) is 25.1. The van der Waals surface area contributed by atoms with Gasteiger partial charge in [-0.3, -0.25) is 4.79 Å². The molecular weight excluding hydrogens is 809 g/mol. The van der Waals surface area contributed by atoms with E-state index >= 15 is 0 Å². The predicted octanol–water partition coefficient (Wildman–Crippen LogP) is 9.74. The summed E-state index contributed by atoms with van der Waals surface area (Å²) in [6, 6.07) is 54.4. The zero-order valence-corrected chi connectivity index (χ0v) is 36.4. The SMILES string of the molecule is CC(=O)CCC(=O)O[C@@H]1C[C@H](OCC(OCc2ccccc2)C(OCc2ccccc2)C(COCc2ccc3ccccc3c2)OCc2ccccc2)OC1COCc1ccccc1. The van der Waals surface area contributed by atoms with Gasteiger partial charge in [-0.15, -0.1) is 0 Å². The normalized spacial score (nSPS) is 17.5. The van der Waals surface area contributed by atoms with Crippen molar-refractivity contribution in [2.45, 2.75) is 96.0 Å². The number of ether oxygens (including phenoxy) is 8. The Balaban J connectivity index is 1.12. The number of esters is 1. The van der Waals surface area contributed by atoms with Crippen LogP contribution in [-0.4, -0.2) is 68.4 Å². The minimum atomic E-state index is -0.763. The van der Waals surface area contributed by atoms with E-state index in [0.29, 0.717) is 19.8 Å². The molecule has 1 aliphatic rings. The van der Waals surface area contributed by atoms with E-state index in [4.69, 9.17) is 37.9 Å². The summed E-state index contributed by atoms with van der Waals surface area (Å²) in [6.45, 7) is 3.47. The van der Waals surface area contributed by atoms with Crippen molar-refractivity contribution < 1.29 is 47.5 Å². The largest absolute Gasteiger partial charge is 0.459 e. The summed E-state index contributed by atoms with van der Waals surface area (Å²) < 4.78 is 51.9. The van der Waals surface area contributed by atoms with Crippen LogP contribution >= 0.6 is 0 Å². The molecule has 334 valence electrons. The van der Waals surface area contributed by atoms with Crippen molar-refractivity contribution in [2.24, 2.45) is 0 Å². The minimum Gasteiger partial charge on any atom is -0.459 e. The Kier molecular flexibility index (Phi) is 18.2. The molecule has 1 heterocycles. The third kappa shape index (κ3) is 15.0. The Bertz CT molecular complexity index is 2270. The summed E-state index contributed by atoms with van der Waals surface area (Å²) in [5.41, 5.74) is 5.02. The molecule has 0 spiro atoms. The first-order valence-electron chi connectivity index (χ1n) is 22.0. The topological polar surface area (TPSA) is 108 Å². The van der Waals surface area contributed by atoms with E-state index in [2.05, 4.69) is 30.3 Å². The maximum absolute atomic E-state index is 12.9. The number of carbonyl (C=O) groups excluding carboxylic acids is 2. The Morgan fingerprint density at radius 2 is 1.06 bits per heavy atom. The van der Waals surface area contributed by atoms with Gasteiger partial charge in [-0.25, -0.2) is 0 Å². The predicted molar refractivity (Wildman–Crippen MR) is 244 cm³/mol. The maximum Gasteiger partial charge on any atom is 0.306 e. The van der Waals surface area contributed by atoms with Crippen LogP contribution in [0.25, 0.3) is 10.8 Å². The van der Waals surface area contributed by atoms with Crippen LogP contribution in [0.5, 0.6) is 0 Å². The average Bonchev–Trinajstić information content (AvgIpc) is 3.71. The highest BCUT2D eigenvalue weighted by Crippen LogP contribution is 2.28. The molecule has 6 aromatic carbocycles. The standard InChI is InChI=1S/C54H58O10/c1-40(55)26-29-52(56)63-48-31-53(64-49(48)37-57-32-41-16-6-2-7-17-41)61-39-51(60-35-43-20-10-4-11-21-43)54(62-36-44-22-12-5-13-23-44)50(59-34-42-18-8-3-9-19-42)38-58-33-45-27-28-46-24-14-15-25-47(46)30-45/h2-25,27-28,30,48-51,53-54H,26,29,31-39H2,1H3/t48-,49?,50?,51?,53-,54?/m1/s1. The van der Waals surface area contributed by atoms with Gasteiger partial charge in [-0.1, -0.05) is 158 Å². The van der Waals surface area contributed by atoms with Gasteiger partial charge in [-0.05, 0) is 51.6 Å². The molecule has 10 heteroatoms. The zero-order chi connectivity index (χ0) is 44.2. The molecule has 6 atom stereocenters. The lowest BCUT2D eigenvalue weighted by atomic mass is 10.1. The molecule has 1 aliphatic heterocycles. The van der Waals surface area contributed by atoms with E-state index in [1.807, 2.05) is 133 Å².